The summed E-state index contributed by atoms with van der Waals surface area (Å²) in [6.45, 7) is 2.61. The summed E-state index contributed by atoms with van der Waals surface area (Å²) in [5.74, 6) is -0.652. The van der Waals surface area contributed by atoms with Crippen molar-refractivity contribution in [3.63, 3.8) is 0 Å². The Morgan fingerprint density at radius 2 is 2.04 bits per heavy atom. The summed E-state index contributed by atoms with van der Waals surface area (Å²) < 4.78 is 13.1. The van der Waals surface area contributed by atoms with Gasteiger partial charge in [-0.3, -0.25) is 14.6 Å². The maximum absolute atomic E-state index is 13.1. The maximum atomic E-state index is 13.1. The third-order valence-corrected chi connectivity index (χ3v) is 3.48. The normalized spacial score (nSPS) is 10.2. The molecule has 0 spiro atoms. The van der Waals surface area contributed by atoms with Gasteiger partial charge in [0.15, 0.2) is 0 Å². The molecule has 1 aromatic carbocycles. The molecule has 1 N–H and O–H groups in total. The molecule has 0 atom stereocenters. The maximum Gasteiger partial charge on any atom is 0.224 e. The zero-order valence-electron chi connectivity index (χ0n) is 13.5. The molecule has 0 aliphatic carbocycles. The molecule has 0 aliphatic heterocycles. The summed E-state index contributed by atoms with van der Waals surface area (Å²) >= 11 is 0. The van der Waals surface area contributed by atoms with E-state index in [1.807, 2.05) is 18.2 Å². The van der Waals surface area contributed by atoms with Crippen molar-refractivity contribution in [2.75, 3.05) is 13.1 Å². The highest BCUT2D eigenvalue weighted by molar-refractivity contribution is 5.78. The van der Waals surface area contributed by atoms with Gasteiger partial charge in [0.1, 0.15) is 5.82 Å². The second kappa shape index (κ2) is 8.76. The van der Waals surface area contributed by atoms with Crippen LogP contribution in [0.15, 0.2) is 48.7 Å². The second-order valence-corrected chi connectivity index (χ2v) is 5.42. The van der Waals surface area contributed by atoms with Crippen LogP contribution in [0.25, 0.3) is 0 Å². The lowest BCUT2D eigenvalue weighted by Gasteiger charge is -2.20. The molecule has 0 aliphatic rings. The molecule has 1 heterocycles. The van der Waals surface area contributed by atoms with Gasteiger partial charge < -0.3 is 10.2 Å². The molecule has 6 heteroatoms. The van der Waals surface area contributed by atoms with Crippen molar-refractivity contribution in [3.05, 3.63) is 65.7 Å². The number of carbonyl (C=O) groups is 2. The van der Waals surface area contributed by atoms with Gasteiger partial charge in [-0.05, 0) is 29.8 Å². The van der Waals surface area contributed by atoms with E-state index in [1.165, 1.54) is 19.1 Å². The number of amides is 2. The average Bonchev–Trinajstić information content (AvgIpc) is 2.54. The fourth-order valence-electron chi connectivity index (χ4n) is 2.26. The summed E-state index contributed by atoms with van der Waals surface area (Å²) in [7, 11) is 0. The smallest absolute Gasteiger partial charge is 0.224 e. The first-order chi connectivity index (χ1) is 11.5. The fourth-order valence-corrected chi connectivity index (χ4v) is 2.26. The van der Waals surface area contributed by atoms with E-state index in [2.05, 4.69) is 10.3 Å². The summed E-state index contributed by atoms with van der Waals surface area (Å²) in [6, 6.07) is 11.5. The highest BCUT2D eigenvalue weighted by Crippen LogP contribution is 2.04. The van der Waals surface area contributed by atoms with Crippen LogP contribution in [0, 0.1) is 5.82 Å². The van der Waals surface area contributed by atoms with Crippen molar-refractivity contribution in [2.45, 2.75) is 19.9 Å². The highest BCUT2D eigenvalue weighted by atomic mass is 19.1. The fraction of sp³-hybridized carbons (Fsp3) is 0.278. The monoisotopic (exact) mass is 329 g/mol. The molecule has 0 bridgehead atoms. The predicted molar refractivity (Wildman–Crippen MR) is 88.4 cm³/mol. The number of pyridine rings is 1. The number of carbonyl (C=O) groups excluding carboxylic acids is 2. The van der Waals surface area contributed by atoms with Crippen molar-refractivity contribution in [1.82, 2.24) is 15.2 Å². The van der Waals surface area contributed by atoms with Crippen molar-refractivity contribution < 1.29 is 14.0 Å². The Hall–Kier alpha value is -2.76. The van der Waals surface area contributed by atoms with E-state index in [-0.39, 0.29) is 24.1 Å². The van der Waals surface area contributed by atoms with E-state index in [0.29, 0.717) is 25.2 Å². The standard InChI is InChI=1S/C18H20FN3O2/c1-14(23)22(13-17-7-2-3-8-20-17)10-9-21-18(24)12-15-5-4-6-16(19)11-15/h2-8,11H,9-10,12-13H2,1H3,(H,21,24). The Balaban J connectivity index is 1.80. The minimum atomic E-state index is -0.363. The summed E-state index contributed by atoms with van der Waals surface area (Å²) in [5, 5.41) is 2.75. The molecule has 2 aromatic rings. The number of rotatable bonds is 7. The molecule has 24 heavy (non-hydrogen) atoms. The SMILES string of the molecule is CC(=O)N(CCNC(=O)Cc1cccc(F)c1)Cc1ccccn1. The van der Waals surface area contributed by atoms with Crippen LogP contribution in [0.3, 0.4) is 0 Å². The Morgan fingerprint density at radius 1 is 1.21 bits per heavy atom. The van der Waals surface area contributed by atoms with Gasteiger partial charge in [0.05, 0.1) is 18.7 Å². The van der Waals surface area contributed by atoms with E-state index < -0.39 is 0 Å². The van der Waals surface area contributed by atoms with Crippen molar-refractivity contribution in [1.29, 1.82) is 0 Å². The molecule has 2 amide bonds. The van der Waals surface area contributed by atoms with Gasteiger partial charge in [0.25, 0.3) is 0 Å². The summed E-state index contributed by atoms with van der Waals surface area (Å²) in [4.78, 5) is 29.4. The summed E-state index contributed by atoms with van der Waals surface area (Å²) in [6.07, 6.45) is 1.78. The van der Waals surface area contributed by atoms with Crippen LogP contribution in [-0.4, -0.2) is 34.8 Å². The first-order valence-electron chi connectivity index (χ1n) is 7.71. The lowest BCUT2D eigenvalue weighted by molar-refractivity contribution is -0.130. The van der Waals surface area contributed by atoms with Crippen molar-refractivity contribution >= 4 is 11.8 Å². The van der Waals surface area contributed by atoms with Crippen LogP contribution in [0.1, 0.15) is 18.2 Å². The Labute approximate surface area is 140 Å². The number of aromatic nitrogens is 1. The Morgan fingerprint density at radius 3 is 2.71 bits per heavy atom. The lowest BCUT2D eigenvalue weighted by atomic mass is 10.1. The first-order valence-corrected chi connectivity index (χ1v) is 7.71. The molecule has 0 saturated carbocycles. The van der Waals surface area contributed by atoms with Crippen LogP contribution >= 0.6 is 0 Å². The predicted octanol–water partition coefficient (Wildman–Crippen LogP) is 1.93. The molecule has 0 unspecified atom stereocenters. The third kappa shape index (κ3) is 5.79. The second-order valence-electron chi connectivity index (χ2n) is 5.42. The molecule has 0 fully saturated rings. The van der Waals surface area contributed by atoms with Gasteiger partial charge in [0, 0.05) is 26.2 Å². The minimum absolute atomic E-state index is 0.0833. The molecule has 1 aromatic heterocycles. The van der Waals surface area contributed by atoms with Crippen molar-refractivity contribution in [3.8, 4) is 0 Å². The molecule has 0 radical (unpaired) electrons. The summed E-state index contributed by atoms with van der Waals surface area (Å²) in [5.41, 5.74) is 1.41. The molecule has 126 valence electrons. The van der Waals surface area contributed by atoms with Gasteiger partial charge >= 0.3 is 0 Å². The number of hydrogen-bond acceptors (Lipinski definition) is 3. The van der Waals surface area contributed by atoms with Gasteiger partial charge in [-0.2, -0.15) is 0 Å². The number of benzene rings is 1. The van der Waals surface area contributed by atoms with Gasteiger partial charge in [-0.15, -0.1) is 0 Å². The number of hydrogen-bond donors (Lipinski definition) is 1. The van der Waals surface area contributed by atoms with Gasteiger partial charge in [-0.1, -0.05) is 18.2 Å². The largest absolute Gasteiger partial charge is 0.354 e. The minimum Gasteiger partial charge on any atom is -0.354 e. The Kier molecular flexibility index (Phi) is 6.42. The molecule has 2 rings (SSSR count). The Bertz CT molecular complexity index is 692. The zero-order valence-corrected chi connectivity index (χ0v) is 13.5. The van der Waals surface area contributed by atoms with Gasteiger partial charge in [0.2, 0.25) is 11.8 Å². The van der Waals surface area contributed by atoms with E-state index in [1.54, 1.807) is 23.2 Å². The van der Waals surface area contributed by atoms with Crippen LogP contribution in [0.4, 0.5) is 4.39 Å². The van der Waals surface area contributed by atoms with Crippen LogP contribution in [0.2, 0.25) is 0 Å². The number of nitrogens with one attached hydrogen (secondary N) is 1. The first kappa shape index (κ1) is 17.6. The lowest BCUT2D eigenvalue weighted by Crippen LogP contribution is -2.37. The van der Waals surface area contributed by atoms with Crippen molar-refractivity contribution in [2.24, 2.45) is 0 Å². The van der Waals surface area contributed by atoms with E-state index >= 15 is 0 Å². The molecular weight excluding hydrogens is 309 g/mol. The average molecular weight is 329 g/mol. The molecular formula is C18H20FN3O2. The third-order valence-electron chi connectivity index (χ3n) is 3.48. The highest BCUT2D eigenvalue weighted by Gasteiger charge is 2.11. The van der Waals surface area contributed by atoms with Crippen LogP contribution < -0.4 is 5.32 Å². The quantitative estimate of drug-likeness (QED) is 0.844. The molecule has 5 nitrogen and oxygen atoms in total. The van der Waals surface area contributed by atoms with E-state index in [0.717, 1.165) is 5.69 Å². The van der Waals surface area contributed by atoms with E-state index in [9.17, 15) is 14.0 Å². The zero-order chi connectivity index (χ0) is 17.4. The topological polar surface area (TPSA) is 62.3 Å². The number of nitrogens with zero attached hydrogens (tertiary/aromatic N) is 2. The molecule has 0 saturated heterocycles. The number of halogens is 1. The van der Waals surface area contributed by atoms with E-state index in [4.69, 9.17) is 0 Å². The van der Waals surface area contributed by atoms with Gasteiger partial charge in [-0.25, -0.2) is 4.39 Å². The van der Waals surface area contributed by atoms with Crippen LogP contribution in [-0.2, 0) is 22.6 Å². The van der Waals surface area contributed by atoms with Crippen LogP contribution in [0.5, 0.6) is 0 Å².